The first kappa shape index (κ1) is 13.1. The van der Waals surface area contributed by atoms with Gasteiger partial charge in [0.1, 0.15) is 0 Å². The molecule has 0 saturated carbocycles. The van der Waals surface area contributed by atoms with Crippen LogP contribution in [0, 0.1) is 0 Å². The van der Waals surface area contributed by atoms with Crippen molar-refractivity contribution in [1.29, 1.82) is 0 Å². The standard InChI is InChI=1S/C14H20N2O2/c1-18-13-6-8-16(9-7-13)14(17)12-4-2-11(10-15)3-5-12/h2-5,13H,6-10,15H2,1H3. The minimum Gasteiger partial charge on any atom is -0.381 e. The molecule has 1 aromatic rings. The van der Waals surface area contributed by atoms with Gasteiger partial charge in [-0.2, -0.15) is 0 Å². The molecule has 0 spiro atoms. The zero-order valence-electron chi connectivity index (χ0n) is 10.8. The predicted molar refractivity (Wildman–Crippen MR) is 70.3 cm³/mol. The van der Waals surface area contributed by atoms with E-state index in [0.717, 1.165) is 37.1 Å². The molecule has 4 heteroatoms. The third-order valence-electron chi connectivity index (χ3n) is 3.50. The normalized spacial score (nSPS) is 16.9. The second kappa shape index (κ2) is 5.98. The zero-order chi connectivity index (χ0) is 13.0. The number of likely N-dealkylation sites (tertiary alicyclic amines) is 1. The molecule has 1 heterocycles. The summed E-state index contributed by atoms with van der Waals surface area (Å²) in [6.07, 6.45) is 2.14. The summed E-state index contributed by atoms with van der Waals surface area (Å²) in [7, 11) is 1.73. The summed E-state index contributed by atoms with van der Waals surface area (Å²) >= 11 is 0. The number of piperidine rings is 1. The number of ether oxygens (including phenoxy) is 1. The van der Waals surface area contributed by atoms with Crippen LogP contribution < -0.4 is 5.73 Å². The fourth-order valence-corrected chi connectivity index (χ4v) is 2.26. The molecule has 1 fully saturated rings. The molecule has 0 unspecified atom stereocenters. The first-order valence-corrected chi connectivity index (χ1v) is 6.35. The number of rotatable bonds is 3. The van der Waals surface area contributed by atoms with E-state index in [-0.39, 0.29) is 5.91 Å². The summed E-state index contributed by atoms with van der Waals surface area (Å²) < 4.78 is 5.30. The van der Waals surface area contributed by atoms with Crippen molar-refractivity contribution in [1.82, 2.24) is 4.90 Å². The Bertz CT molecular complexity index is 395. The molecule has 1 aliphatic heterocycles. The quantitative estimate of drug-likeness (QED) is 0.879. The van der Waals surface area contributed by atoms with Gasteiger partial charge in [-0.3, -0.25) is 4.79 Å². The Balaban J connectivity index is 1.98. The highest BCUT2D eigenvalue weighted by Gasteiger charge is 2.23. The molecule has 2 N–H and O–H groups in total. The molecule has 18 heavy (non-hydrogen) atoms. The molecule has 2 rings (SSSR count). The third-order valence-corrected chi connectivity index (χ3v) is 3.50. The van der Waals surface area contributed by atoms with Crippen molar-refractivity contribution in [3.05, 3.63) is 35.4 Å². The molecule has 1 aromatic carbocycles. The van der Waals surface area contributed by atoms with E-state index in [1.807, 2.05) is 29.2 Å². The maximum absolute atomic E-state index is 12.2. The van der Waals surface area contributed by atoms with E-state index in [4.69, 9.17) is 10.5 Å². The first-order valence-electron chi connectivity index (χ1n) is 6.35. The second-order valence-electron chi connectivity index (χ2n) is 4.63. The van der Waals surface area contributed by atoms with Gasteiger partial charge in [0.2, 0.25) is 0 Å². The number of nitrogens with zero attached hydrogens (tertiary/aromatic N) is 1. The van der Waals surface area contributed by atoms with E-state index in [1.165, 1.54) is 0 Å². The van der Waals surface area contributed by atoms with Gasteiger partial charge >= 0.3 is 0 Å². The Morgan fingerprint density at radius 3 is 2.44 bits per heavy atom. The fraction of sp³-hybridized carbons (Fsp3) is 0.500. The zero-order valence-corrected chi connectivity index (χ0v) is 10.8. The number of methoxy groups -OCH3 is 1. The van der Waals surface area contributed by atoms with Gasteiger partial charge in [-0.1, -0.05) is 12.1 Å². The molecule has 0 atom stereocenters. The van der Waals surface area contributed by atoms with E-state index in [1.54, 1.807) is 7.11 Å². The minimum absolute atomic E-state index is 0.105. The van der Waals surface area contributed by atoms with Gasteiger partial charge in [0.05, 0.1) is 6.10 Å². The van der Waals surface area contributed by atoms with Crippen LogP contribution in [0.3, 0.4) is 0 Å². The van der Waals surface area contributed by atoms with Crippen LogP contribution in [0.5, 0.6) is 0 Å². The summed E-state index contributed by atoms with van der Waals surface area (Å²) in [6, 6.07) is 7.53. The van der Waals surface area contributed by atoms with Gasteiger partial charge in [0.15, 0.2) is 0 Å². The van der Waals surface area contributed by atoms with Crippen LogP contribution in [0.2, 0.25) is 0 Å². The molecular formula is C14H20N2O2. The molecule has 1 saturated heterocycles. The smallest absolute Gasteiger partial charge is 0.253 e. The highest BCUT2D eigenvalue weighted by Crippen LogP contribution is 2.16. The lowest BCUT2D eigenvalue weighted by Gasteiger charge is -2.31. The minimum atomic E-state index is 0.105. The predicted octanol–water partition coefficient (Wildman–Crippen LogP) is 1.40. The number of nitrogens with two attached hydrogens (primary N) is 1. The molecule has 98 valence electrons. The Kier molecular flexibility index (Phi) is 4.33. The summed E-state index contributed by atoms with van der Waals surface area (Å²) in [5.41, 5.74) is 7.33. The number of amides is 1. The lowest BCUT2D eigenvalue weighted by molar-refractivity contribution is 0.0351. The van der Waals surface area contributed by atoms with Crippen molar-refractivity contribution in [2.24, 2.45) is 5.73 Å². The van der Waals surface area contributed by atoms with Crippen molar-refractivity contribution in [2.45, 2.75) is 25.5 Å². The molecule has 0 bridgehead atoms. The number of carbonyl (C=O) groups is 1. The second-order valence-corrected chi connectivity index (χ2v) is 4.63. The van der Waals surface area contributed by atoms with E-state index >= 15 is 0 Å². The lowest BCUT2D eigenvalue weighted by Crippen LogP contribution is -2.40. The Hall–Kier alpha value is -1.39. The van der Waals surface area contributed by atoms with Crippen molar-refractivity contribution >= 4 is 5.91 Å². The topological polar surface area (TPSA) is 55.6 Å². The maximum Gasteiger partial charge on any atom is 0.253 e. The van der Waals surface area contributed by atoms with Crippen LogP contribution in [0.1, 0.15) is 28.8 Å². The molecule has 0 radical (unpaired) electrons. The first-order chi connectivity index (χ1) is 8.74. The van der Waals surface area contributed by atoms with Crippen LogP contribution in [0.15, 0.2) is 24.3 Å². The summed E-state index contributed by atoms with van der Waals surface area (Å²) in [6.45, 7) is 2.06. The van der Waals surface area contributed by atoms with Crippen molar-refractivity contribution in [3.8, 4) is 0 Å². The maximum atomic E-state index is 12.2. The number of carbonyl (C=O) groups excluding carboxylic acids is 1. The van der Waals surface area contributed by atoms with Crippen LogP contribution in [0.4, 0.5) is 0 Å². The van der Waals surface area contributed by atoms with Gasteiger partial charge < -0.3 is 15.4 Å². The van der Waals surface area contributed by atoms with Crippen molar-refractivity contribution in [2.75, 3.05) is 20.2 Å². The third kappa shape index (κ3) is 2.89. The molecule has 1 aliphatic rings. The van der Waals surface area contributed by atoms with Crippen LogP contribution in [0.25, 0.3) is 0 Å². The van der Waals surface area contributed by atoms with Gasteiger partial charge in [-0.15, -0.1) is 0 Å². The van der Waals surface area contributed by atoms with Gasteiger partial charge in [-0.05, 0) is 30.5 Å². The summed E-state index contributed by atoms with van der Waals surface area (Å²) in [5, 5.41) is 0. The highest BCUT2D eigenvalue weighted by molar-refractivity contribution is 5.94. The Labute approximate surface area is 108 Å². The monoisotopic (exact) mass is 248 g/mol. The molecular weight excluding hydrogens is 228 g/mol. The molecule has 4 nitrogen and oxygen atoms in total. The largest absolute Gasteiger partial charge is 0.381 e. The van der Waals surface area contributed by atoms with Crippen molar-refractivity contribution < 1.29 is 9.53 Å². The Morgan fingerprint density at radius 2 is 1.94 bits per heavy atom. The average Bonchev–Trinajstić information content (AvgIpc) is 2.47. The van der Waals surface area contributed by atoms with Gasteiger partial charge in [0.25, 0.3) is 5.91 Å². The molecule has 0 aromatic heterocycles. The Morgan fingerprint density at radius 1 is 1.33 bits per heavy atom. The lowest BCUT2D eigenvalue weighted by atomic mass is 10.1. The summed E-state index contributed by atoms with van der Waals surface area (Å²) in [5.74, 6) is 0.105. The van der Waals surface area contributed by atoms with E-state index in [0.29, 0.717) is 12.6 Å². The number of benzene rings is 1. The fourth-order valence-electron chi connectivity index (χ4n) is 2.26. The van der Waals surface area contributed by atoms with E-state index in [2.05, 4.69) is 0 Å². The van der Waals surface area contributed by atoms with Crippen LogP contribution in [-0.2, 0) is 11.3 Å². The van der Waals surface area contributed by atoms with Gasteiger partial charge in [-0.25, -0.2) is 0 Å². The molecule has 1 amide bonds. The van der Waals surface area contributed by atoms with Crippen LogP contribution in [-0.4, -0.2) is 37.1 Å². The van der Waals surface area contributed by atoms with E-state index < -0.39 is 0 Å². The number of hydrogen-bond donors (Lipinski definition) is 1. The molecule has 0 aliphatic carbocycles. The van der Waals surface area contributed by atoms with Gasteiger partial charge in [0, 0.05) is 32.3 Å². The van der Waals surface area contributed by atoms with Crippen LogP contribution >= 0.6 is 0 Å². The average molecular weight is 248 g/mol. The number of hydrogen-bond acceptors (Lipinski definition) is 3. The summed E-state index contributed by atoms with van der Waals surface area (Å²) in [4.78, 5) is 14.1. The highest BCUT2D eigenvalue weighted by atomic mass is 16.5. The SMILES string of the molecule is COC1CCN(C(=O)c2ccc(CN)cc2)CC1. The van der Waals surface area contributed by atoms with Crippen molar-refractivity contribution in [3.63, 3.8) is 0 Å². The van der Waals surface area contributed by atoms with E-state index in [9.17, 15) is 4.79 Å².